The van der Waals surface area contributed by atoms with Crippen molar-refractivity contribution in [3.8, 4) is 0 Å². The highest BCUT2D eigenvalue weighted by atomic mass is 16.2. The number of amides is 1. The van der Waals surface area contributed by atoms with E-state index in [-0.39, 0.29) is 11.8 Å². The molecule has 2 heterocycles. The molecule has 1 amide bonds. The highest BCUT2D eigenvalue weighted by molar-refractivity contribution is 5.79. The summed E-state index contributed by atoms with van der Waals surface area (Å²) in [4.78, 5) is 23.5. The summed E-state index contributed by atoms with van der Waals surface area (Å²) in [7, 11) is 7.83. The monoisotopic (exact) mass is 329 g/mol. The fourth-order valence-corrected chi connectivity index (χ4v) is 3.44. The van der Waals surface area contributed by atoms with Crippen molar-refractivity contribution in [3.05, 3.63) is 30.1 Å². The van der Waals surface area contributed by atoms with E-state index in [0.29, 0.717) is 0 Å². The molecule has 0 spiro atoms. The molecule has 1 aromatic carbocycles. The van der Waals surface area contributed by atoms with Crippen LogP contribution in [0.15, 0.2) is 24.3 Å². The van der Waals surface area contributed by atoms with Gasteiger partial charge in [0.05, 0.1) is 23.5 Å². The van der Waals surface area contributed by atoms with Crippen molar-refractivity contribution in [2.75, 3.05) is 47.3 Å². The van der Waals surface area contributed by atoms with Gasteiger partial charge < -0.3 is 14.4 Å². The van der Waals surface area contributed by atoms with Gasteiger partial charge in [0.2, 0.25) is 5.91 Å². The molecule has 1 atom stereocenters. The first-order chi connectivity index (χ1) is 11.5. The number of nitrogens with zero attached hydrogens (tertiary/aromatic N) is 5. The van der Waals surface area contributed by atoms with E-state index in [1.165, 1.54) is 0 Å². The van der Waals surface area contributed by atoms with Gasteiger partial charge >= 0.3 is 0 Å². The number of rotatable bonds is 3. The molecule has 0 N–H and O–H groups in total. The Morgan fingerprint density at radius 1 is 1.21 bits per heavy atom. The standard InChI is InChI=1S/C18H27N5O/c1-20(2)18(24)14-11-21(3)9-10-23(12-14)13-17-19-15-7-5-6-8-16(15)22(17)4/h5-8,14H,9-13H2,1-4H3. The van der Waals surface area contributed by atoms with Gasteiger partial charge in [-0.2, -0.15) is 0 Å². The largest absolute Gasteiger partial charge is 0.348 e. The van der Waals surface area contributed by atoms with Crippen LogP contribution in [0.3, 0.4) is 0 Å². The predicted molar refractivity (Wildman–Crippen MR) is 95.7 cm³/mol. The molecule has 130 valence electrons. The van der Waals surface area contributed by atoms with Gasteiger partial charge in [-0.15, -0.1) is 0 Å². The van der Waals surface area contributed by atoms with E-state index in [1.807, 2.05) is 32.3 Å². The lowest BCUT2D eigenvalue weighted by molar-refractivity contribution is -0.133. The van der Waals surface area contributed by atoms with Crippen LogP contribution < -0.4 is 0 Å². The Balaban J connectivity index is 1.79. The molecular weight excluding hydrogens is 302 g/mol. The number of likely N-dealkylation sites (N-methyl/N-ethyl adjacent to an activating group) is 1. The number of benzene rings is 1. The average molecular weight is 329 g/mol. The number of carbonyl (C=O) groups excluding carboxylic acids is 1. The minimum atomic E-state index is 0.0159. The summed E-state index contributed by atoms with van der Waals surface area (Å²) in [6, 6.07) is 8.21. The van der Waals surface area contributed by atoms with Gasteiger partial charge in [-0.1, -0.05) is 12.1 Å². The molecule has 1 unspecified atom stereocenters. The van der Waals surface area contributed by atoms with Crippen LogP contribution in [0.4, 0.5) is 0 Å². The molecule has 6 nitrogen and oxygen atoms in total. The third kappa shape index (κ3) is 3.44. The lowest BCUT2D eigenvalue weighted by Gasteiger charge is -2.25. The molecule has 0 bridgehead atoms. The second kappa shape index (κ2) is 6.91. The number of imidazole rings is 1. The number of hydrogen-bond donors (Lipinski definition) is 0. The van der Waals surface area contributed by atoms with Crippen molar-refractivity contribution in [2.24, 2.45) is 13.0 Å². The van der Waals surface area contributed by atoms with Crippen LogP contribution in [0.1, 0.15) is 5.82 Å². The van der Waals surface area contributed by atoms with Crippen LogP contribution in [0, 0.1) is 5.92 Å². The first-order valence-electron chi connectivity index (χ1n) is 8.48. The van der Waals surface area contributed by atoms with E-state index in [9.17, 15) is 4.79 Å². The topological polar surface area (TPSA) is 44.6 Å². The molecule has 3 rings (SSSR count). The van der Waals surface area contributed by atoms with Gasteiger partial charge in [-0.3, -0.25) is 9.69 Å². The number of aryl methyl sites for hydroxylation is 1. The molecule has 24 heavy (non-hydrogen) atoms. The second-order valence-electron chi connectivity index (χ2n) is 7.00. The molecule has 1 aliphatic heterocycles. The number of carbonyl (C=O) groups is 1. The van der Waals surface area contributed by atoms with Gasteiger partial charge in [0.25, 0.3) is 0 Å². The van der Waals surface area contributed by atoms with Crippen molar-refractivity contribution in [3.63, 3.8) is 0 Å². The summed E-state index contributed by atoms with van der Waals surface area (Å²) < 4.78 is 2.16. The van der Waals surface area contributed by atoms with E-state index >= 15 is 0 Å². The lowest BCUT2D eigenvalue weighted by atomic mass is 10.1. The van der Waals surface area contributed by atoms with Crippen molar-refractivity contribution in [1.82, 2.24) is 24.3 Å². The van der Waals surface area contributed by atoms with Crippen LogP contribution in [-0.2, 0) is 18.4 Å². The molecule has 1 saturated heterocycles. The maximum absolute atomic E-state index is 12.5. The first-order valence-corrected chi connectivity index (χ1v) is 8.48. The van der Waals surface area contributed by atoms with Crippen LogP contribution in [0.25, 0.3) is 11.0 Å². The second-order valence-corrected chi connectivity index (χ2v) is 7.00. The third-order valence-corrected chi connectivity index (χ3v) is 4.84. The third-order valence-electron chi connectivity index (χ3n) is 4.84. The van der Waals surface area contributed by atoms with Crippen molar-refractivity contribution >= 4 is 16.9 Å². The smallest absolute Gasteiger partial charge is 0.227 e. The highest BCUT2D eigenvalue weighted by Crippen LogP contribution is 2.18. The molecule has 1 fully saturated rings. The van der Waals surface area contributed by atoms with E-state index in [0.717, 1.165) is 49.6 Å². The molecule has 1 aromatic heterocycles. The number of aromatic nitrogens is 2. The van der Waals surface area contributed by atoms with Crippen molar-refractivity contribution in [2.45, 2.75) is 6.54 Å². The average Bonchev–Trinajstić information content (AvgIpc) is 2.74. The minimum absolute atomic E-state index is 0.0159. The summed E-state index contributed by atoms with van der Waals surface area (Å²) in [5.41, 5.74) is 2.18. The molecule has 0 saturated carbocycles. The first kappa shape index (κ1) is 16.9. The fraction of sp³-hybridized carbons (Fsp3) is 0.556. The van der Waals surface area contributed by atoms with Crippen molar-refractivity contribution < 1.29 is 4.79 Å². The van der Waals surface area contributed by atoms with Crippen LogP contribution in [-0.4, -0.2) is 77.5 Å². The van der Waals surface area contributed by atoms with Crippen molar-refractivity contribution in [1.29, 1.82) is 0 Å². The Kier molecular flexibility index (Phi) is 4.87. The Morgan fingerprint density at radius 3 is 2.67 bits per heavy atom. The molecular formula is C18H27N5O. The van der Waals surface area contributed by atoms with Crippen LogP contribution in [0.2, 0.25) is 0 Å². The minimum Gasteiger partial charge on any atom is -0.348 e. The summed E-state index contributed by atoms with van der Waals surface area (Å²) in [6.45, 7) is 4.30. The number of fused-ring (bicyclic) bond motifs is 1. The zero-order valence-corrected chi connectivity index (χ0v) is 15.1. The zero-order valence-electron chi connectivity index (χ0n) is 15.1. The summed E-state index contributed by atoms with van der Waals surface area (Å²) in [5, 5.41) is 0. The normalized spacial score (nSPS) is 20.2. The van der Waals surface area contributed by atoms with E-state index in [2.05, 4.69) is 34.5 Å². The van der Waals surface area contributed by atoms with Gasteiger partial charge in [-0.25, -0.2) is 4.98 Å². The Labute approximate surface area is 143 Å². The Bertz CT molecular complexity index is 723. The quantitative estimate of drug-likeness (QED) is 0.844. The summed E-state index contributed by atoms with van der Waals surface area (Å²) >= 11 is 0. The van der Waals surface area contributed by atoms with Crippen LogP contribution >= 0.6 is 0 Å². The van der Waals surface area contributed by atoms with Crippen LogP contribution in [0.5, 0.6) is 0 Å². The van der Waals surface area contributed by atoms with Gasteiger partial charge in [0.15, 0.2) is 0 Å². The maximum atomic E-state index is 12.5. The maximum Gasteiger partial charge on any atom is 0.227 e. The van der Waals surface area contributed by atoms with Gasteiger partial charge in [0.1, 0.15) is 5.82 Å². The number of para-hydroxylation sites is 2. The SMILES string of the molecule is CN1CCN(Cc2nc3ccccc3n2C)CC(C(=O)N(C)C)C1. The summed E-state index contributed by atoms with van der Waals surface area (Å²) in [5.74, 6) is 1.28. The predicted octanol–water partition coefficient (Wildman–Crippen LogP) is 1.03. The van der Waals surface area contributed by atoms with Gasteiger partial charge in [-0.05, 0) is 19.2 Å². The highest BCUT2D eigenvalue weighted by Gasteiger charge is 2.28. The molecule has 0 radical (unpaired) electrons. The van der Waals surface area contributed by atoms with E-state index in [4.69, 9.17) is 4.98 Å². The molecule has 1 aliphatic rings. The number of hydrogen-bond acceptors (Lipinski definition) is 4. The van der Waals surface area contributed by atoms with E-state index < -0.39 is 0 Å². The molecule has 0 aliphatic carbocycles. The summed E-state index contributed by atoms with van der Waals surface area (Å²) in [6.07, 6.45) is 0. The Morgan fingerprint density at radius 2 is 1.96 bits per heavy atom. The fourth-order valence-electron chi connectivity index (χ4n) is 3.44. The molecule has 6 heteroatoms. The molecule has 2 aromatic rings. The van der Waals surface area contributed by atoms with Gasteiger partial charge in [0, 0.05) is 47.3 Å². The zero-order chi connectivity index (χ0) is 17.3. The van der Waals surface area contributed by atoms with E-state index in [1.54, 1.807) is 4.90 Å². The Hall–Kier alpha value is -1.92. The lowest BCUT2D eigenvalue weighted by Crippen LogP contribution is -2.40.